The van der Waals surface area contributed by atoms with Crippen molar-refractivity contribution >= 4 is 47.1 Å². The number of nitrogens with one attached hydrogen (secondary N) is 4. The largest absolute Gasteiger partial charge is 0.461 e. The summed E-state index contributed by atoms with van der Waals surface area (Å²) in [5.74, 6) is -2.99. The van der Waals surface area contributed by atoms with E-state index in [-0.39, 0.29) is 76.1 Å². The molecular weight excluding hydrogens is 682 g/mol. The fourth-order valence-corrected chi connectivity index (χ4v) is 4.18. The molecule has 52 heavy (non-hydrogen) atoms. The number of benzene rings is 1. The Bertz CT molecular complexity index is 1350. The summed E-state index contributed by atoms with van der Waals surface area (Å²) in [6.07, 6.45) is 2.40. The van der Waals surface area contributed by atoms with Crippen LogP contribution in [0.3, 0.4) is 0 Å². The van der Waals surface area contributed by atoms with Crippen molar-refractivity contribution in [2.75, 3.05) is 71.3 Å². The van der Waals surface area contributed by atoms with Crippen LogP contribution in [-0.2, 0) is 63.9 Å². The van der Waals surface area contributed by atoms with E-state index < -0.39 is 35.7 Å². The topological polar surface area (TPSA) is 217 Å². The lowest BCUT2D eigenvalue weighted by Crippen LogP contribution is -2.50. The number of nitrogens with zero attached hydrogens (tertiary/aromatic N) is 1. The molecule has 4 N–H and O–H groups in total. The average molecular weight is 734 g/mol. The van der Waals surface area contributed by atoms with Gasteiger partial charge in [-0.2, -0.15) is 0 Å². The van der Waals surface area contributed by atoms with E-state index in [1.165, 1.54) is 26.0 Å². The molecule has 6 amide bonds. The first kappa shape index (κ1) is 43.5. The van der Waals surface area contributed by atoms with Crippen LogP contribution >= 0.6 is 0 Å². The molecule has 1 aliphatic heterocycles. The Kier molecular flexibility index (Phi) is 20.4. The molecule has 0 radical (unpaired) electrons. The zero-order valence-corrected chi connectivity index (χ0v) is 30.2. The molecule has 1 aromatic carbocycles. The molecule has 0 spiro atoms. The third kappa shape index (κ3) is 18.0. The minimum absolute atomic E-state index is 0.0213. The summed E-state index contributed by atoms with van der Waals surface area (Å²) < 4.78 is 26.8. The van der Waals surface area contributed by atoms with Crippen LogP contribution in [0.4, 0.5) is 5.69 Å². The van der Waals surface area contributed by atoms with Gasteiger partial charge in [0.2, 0.25) is 23.6 Å². The monoisotopic (exact) mass is 733 g/mol. The van der Waals surface area contributed by atoms with Crippen LogP contribution in [0, 0.1) is 5.92 Å². The summed E-state index contributed by atoms with van der Waals surface area (Å²) in [6, 6.07) is 5.04. The molecule has 1 heterocycles. The summed E-state index contributed by atoms with van der Waals surface area (Å²) >= 11 is 0. The zero-order chi connectivity index (χ0) is 38.3. The Morgan fingerprint density at radius 2 is 1.19 bits per heavy atom. The van der Waals surface area contributed by atoms with Crippen LogP contribution in [0.15, 0.2) is 36.4 Å². The van der Waals surface area contributed by atoms with E-state index in [4.69, 9.17) is 23.7 Å². The van der Waals surface area contributed by atoms with Gasteiger partial charge in [-0.15, -0.1) is 0 Å². The molecule has 0 saturated carbocycles. The molecule has 288 valence electrons. The summed E-state index contributed by atoms with van der Waals surface area (Å²) in [7, 11) is 0. The molecule has 2 rings (SSSR count). The van der Waals surface area contributed by atoms with E-state index in [9.17, 15) is 33.6 Å². The summed E-state index contributed by atoms with van der Waals surface area (Å²) in [5, 5.41) is 10.5. The number of imide groups is 1. The van der Waals surface area contributed by atoms with Crippen molar-refractivity contribution < 1.29 is 57.2 Å². The van der Waals surface area contributed by atoms with Gasteiger partial charge in [0.05, 0.1) is 58.8 Å². The third-order valence-corrected chi connectivity index (χ3v) is 7.22. The van der Waals surface area contributed by atoms with Gasteiger partial charge in [0.15, 0.2) is 0 Å². The average Bonchev–Trinajstić information content (AvgIpc) is 3.44. The molecule has 0 fully saturated rings. The second-order valence-electron chi connectivity index (χ2n) is 11.9. The van der Waals surface area contributed by atoms with E-state index in [2.05, 4.69) is 21.3 Å². The highest BCUT2D eigenvalue weighted by atomic mass is 16.6. The first-order valence-corrected chi connectivity index (χ1v) is 17.1. The van der Waals surface area contributed by atoms with Crippen LogP contribution in [-0.4, -0.2) is 124 Å². The molecule has 1 aromatic rings. The lowest BCUT2D eigenvalue weighted by molar-refractivity contribution is -0.148. The molecule has 0 bridgehead atoms. The fourth-order valence-electron chi connectivity index (χ4n) is 4.18. The summed E-state index contributed by atoms with van der Waals surface area (Å²) in [6.45, 7) is 9.32. The van der Waals surface area contributed by atoms with Gasteiger partial charge in [0, 0.05) is 43.8 Å². The lowest BCUT2D eigenvalue weighted by atomic mass is 10.2. The number of ether oxygens (including phenoxy) is 5. The number of hydrogen-bond donors (Lipinski definition) is 4. The number of carbonyl (C=O) groups is 7. The second kappa shape index (κ2) is 24.5. The molecule has 0 unspecified atom stereocenters. The predicted octanol–water partition coefficient (Wildman–Crippen LogP) is 0.222. The van der Waals surface area contributed by atoms with Crippen LogP contribution in [0.5, 0.6) is 0 Å². The van der Waals surface area contributed by atoms with Crippen molar-refractivity contribution in [3.63, 3.8) is 0 Å². The Morgan fingerprint density at radius 3 is 1.77 bits per heavy atom. The molecule has 0 aromatic heterocycles. The van der Waals surface area contributed by atoms with Crippen LogP contribution in [0.25, 0.3) is 0 Å². The normalized spacial score (nSPS) is 13.5. The van der Waals surface area contributed by atoms with Gasteiger partial charge < -0.3 is 45.0 Å². The van der Waals surface area contributed by atoms with Gasteiger partial charge in [-0.3, -0.25) is 38.5 Å². The first-order valence-electron chi connectivity index (χ1n) is 17.1. The van der Waals surface area contributed by atoms with Gasteiger partial charge in [-0.1, -0.05) is 26.0 Å². The first-order chi connectivity index (χ1) is 24.9. The van der Waals surface area contributed by atoms with E-state index >= 15 is 0 Å². The molecule has 0 aliphatic carbocycles. The predicted molar refractivity (Wildman–Crippen MR) is 186 cm³/mol. The van der Waals surface area contributed by atoms with Gasteiger partial charge >= 0.3 is 5.97 Å². The highest BCUT2D eigenvalue weighted by Gasteiger charge is 2.24. The Hall–Kier alpha value is -4.71. The van der Waals surface area contributed by atoms with E-state index in [0.717, 1.165) is 10.5 Å². The number of rotatable bonds is 26. The Labute approximate surface area is 303 Å². The third-order valence-electron chi connectivity index (χ3n) is 7.22. The maximum absolute atomic E-state index is 12.6. The van der Waals surface area contributed by atoms with Crippen molar-refractivity contribution in [1.82, 2.24) is 20.9 Å². The van der Waals surface area contributed by atoms with E-state index in [0.29, 0.717) is 38.7 Å². The van der Waals surface area contributed by atoms with Crippen molar-refractivity contribution in [2.24, 2.45) is 5.92 Å². The van der Waals surface area contributed by atoms with Gasteiger partial charge in [-0.05, 0) is 31.5 Å². The van der Waals surface area contributed by atoms with Crippen molar-refractivity contribution in [3.8, 4) is 0 Å². The molecule has 0 saturated heterocycles. The van der Waals surface area contributed by atoms with Gasteiger partial charge in [0.25, 0.3) is 11.8 Å². The van der Waals surface area contributed by atoms with Gasteiger partial charge in [0.1, 0.15) is 18.7 Å². The fraction of sp³-hybridized carbons (Fsp3) is 0.571. The van der Waals surface area contributed by atoms with Crippen molar-refractivity contribution in [3.05, 3.63) is 42.0 Å². The number of carbonyl (C=O) groups excluding carboxylic acids is 7. The van der Waals surface area contributed by atoms with Crippen LogP contribution in [0.1, 0.15) is 46.1 Å². The number of amides is 6. The minimum Gasteiger partial charge on any atom is -0.461 e. The van der Waals surface area contributed by atoms with E-state index in [1.807, 2.05) is 0 Å². The smallest absolute Gasteiger partial charge is 0.308 e. The quantitative estimate of drug-likeness (QED) is 0.0572. The van der Waals surface area contributed by atoms with Gasteiger partial charge in [-0.25, -0.2) is 0 Å². The molecule has 2 atom stereocenters. The summed E-state index contributed by atoms with van der Waals surface area (Å²) in [4.78, 5) is 84.7. The maximum Gasteiger partial charge on any atom is 0.308 e. The molecule has 17 nitrogen and oxygen atoms in total. The van der Waals surface area contributed by atoms with Crippen LogP contribution < -0.4 is 21.3 Å². The van der Waals surface area contributed by atoms with Crippen molar-refractivity contribution in [1.29, 1.82) is 0 Å². The Morgan fingerprint density at radius 1 is 0.654 bits per heavy atom. The van der Waals surface area contributed by atoms with E-state index in [1.54, 1.807) is 38.1 Å². The Balaban J connectivity index is 1.41. The SMILES string of the molecule is CC(C)C(=O)OCc1ccc(NC(=O)[C@@H](C)NC(=O)[C@@H](C)NC(=O)CCOCCOCCOCCOCCNC(=O)CCN2C(=O)C=CC2=O)cc1. The number of anilines is 1. The molecular formula is C35H51N5O12. The minimum atomic E-state index is -0.874. The van der Waals surface area contributed by atoms with Crippen molar-refractivity contribution in [2.45, 2.75) is 59.2 Å². The highest BCUT2D eigenvalue weighted by molar-refractivity contribution is 6.13. The maximum atomic E-state index is 12.6. The highest BCUT2D eigenvalue weighted by Crippen LogP contribution is 2.12. The standard InChI is InChI=1S/C35H51N5O12/c1-24(2)35(47)52-23-27-5-7-28(8-6-27)39-34(46)26(4)38-33(45)25(3)37-30(42)12-15-48-17-19-50-21-22-51-20-18-49-16-13-36-29(41)11-14-40-31(43)9-10-32(40)44/h5-10,24-26H,11-23H2,1-4H3,(H,36,41)(H,37,42)(H,38,45)(H,39,46)/t25-,26-/m1/s1. The van der Waals surface area contributed by atoms with Crippen LogP contribution in [0.2, 0.25) is 0 Å². The summed E-state index contributed by atoms with van der Waals surface area (Å²) in [5.41, 5.74) is 1.28. The zero-order valence-electron chi connectivity index (χ0n) is 30.2. The lowest BCUT2D eigenvalue weighted by Gasteiger charge is -2.18. The number of esters is 1. The molecule has 1 aliphatic rings. The number of hydrogen-bond acceptors (Lipinski definition) is 12. The molecule has 17 heteroatoms. The second-order valence-corrected chi connectivity index (χ2v) is 11.9.